The maximum atomic E-state index is 11.7. The lowest BCUT2D eigenvalue weighted by molar-refractivity contribution is -0.301. The molecule has 0 amide bonds. The zero-order valence-corrected chi connectivity index (χ0v) is 18.7. The van der Waals surface area contributed by atoms with Crippen molar-refractivity contribution in [1.82, 2.24) is 4.90 Å². The van der Waals surface area contributed by atoms with Crippen LogP contribution in [-0.4, -0.2) is 59.2 Å². The molecular formula is C25H35NO4. The number of piperidine rings is 1. The molecule has 30 heavy (non-hydrogen) atoms. The number of hydrogen-bond acceptors (Lipinski definition) is 5. The highest BCUT2D eigenvalue weighted by atomic mass is 16.6. The van der Waals surface area contributed by atoms with Crippen LogP contribution in [0, 0.1) is 11.3 Å². The minimum Gasteiger partial charge on any atom is -0.504 e. The van der Waals surface area contributed by atoms with E-state index in [1.54, 1.807) is 0 Å². The average molecular weight is 414 g/mol. The number of nitrogens with zero attached hydrogens (tertiary/aromatic N) is 1. The van der Waals surface area contributed by atoms with Gasteiger partial charge < -0.3 is 24.6 Å². The van der Waals surface area contributed by atoms with E-state index in [-0.39, 0.29) is 28.6 Å². The maximum Gasteiger partial charge on any atom is 0.165 e. The summed E-state index contributed by atoms with van der Waals surface area (Å²) in [5.41, 5.74) is 1.21. The molecule has 6 aliphatic rings. The Morgan fingerprint density at radius 2 is 2.10 bits per heavy atom. The van der Waals surface area contributed by atoms with Crippen LogP contribution in [0.15, 0.2) is 12.1 Å². The first kappa shape index (κ1) is 19.4. The lowest BCUT2D eigenvalue weighted by atomic mass is 9.33. The first-order chi connectivity index (χ1) is 14.3. The van der Waals surface area contributed by atoms with Crippen LogP contribution in [0.3, 0.4) is 0 Å². The average Bonchev–Trinajstić information content (AvgIpc) is 3.09. The van der Waals surface area contributed by atoms with E-state index in [2.05, 4.69) is 24.9 Å². The third-order valence-corrected chi connectivity index (χ3v) is 10.1. The Bertz CT molecular complexity index is 915. The molecule has 2 spiro atoms. The molecule has 5 nitrogen and oxygen atoms in total. The van der Waals surface area contributed by atoms with Gasteiger partial charge in [-0.05, 0) is 70.7 Å². The van der Waals surface area contributed by atoms with E-state index in [0.717, 1.165) is 51.5 Å². The number of ether oxygens (including phenoxy) is 2. The molecule has 5 heteroatoms. The first-order valence-corrected chi connectivity index (χ1v) is 11.8. The normalized spacial score (nSPS) is 45.0. The lowest BCUT2D eigenvalue weighted by Gasteiger charge is -2.74. The number of aliphatic hydroxyl groups is 1. The largest absolute Gasteiger partial charge is 0.504 e. The molecule has 1 aromatic rings. The van der Waals surface area contributed by atoms with E-state index >= 15 is 0 Å². The molecular weight excluding hydrogens is 378 g/mol. The van der Waals surface area contributed by atoms with Crippen LogP contribution in [0.4, 0.5) is 0 Å². The summed E-state index contributed by atoms with van der Waals surface area (Å²) in [7, 11) is 4.09. The predicted octanol–water partition coefficient (Wildman–Crippen LogP) is 3.39. The number of phenolic OH excluding ortho intramolecular Hbond substituents is 1. The van der Waals surface area contributed by atoms with E-state index in [1.807, 2.05) is 20.1 Å². The monoisotopic (exact) mass is 413 g/mol. The molecule has 164 valence electrons. The van der Waals surface area contributed by atoms with E-state index in [1.165, 1.54) is 11.1 Å². The van der Waals surface area contributed by atoms with E-state index in [9.17, 15) is 10.2 Å². The molecule has 1 saturated heterocycles. The summed E-state index contributed by atoms with van der Waals surface area (Å²) in [6.07, 6.45) is 6.57. The highest BCUT2D eigenvalue weighted by Crippen LogP contribution is 2.77. The van der Waals surface area contributed by atoms with Crippen molar-refractivity contribution in [2.75, 3.05) is 20.7 Å². The molecule has 2 aliphatic heterocycles. The molecule has 3 saturated carbocycles. The Hall–Kier alpha value is -1.30. The summed E-state index contributed by atoms with van der Waals surface area (Å²) in [5.74, 6) is 0.977. The fourth-order valence-electron chi connectivity index (χ4n) is 9.09. The Morgan fingerprint density at radius 3 is 2.83 bits per heavy atom. The minimum absolute atomic E-state index is 0.0221. The zero-order valence-electron chi connectivity index (χ0n) is 18.7. The van der Waals surface area contributed by atoms with Crippen LogP contribution in [0.5, 0.6) is 11.5 Å². The molecule has 0 aromatic heterocycles. The Morgan fingerprint density at radius 1 is 1.30 bits per heavy atom. The lowest BCUT2D eigenvalue weighted by Crippen LogP contribution is -2.82. The summed E-state index contributed by atoms with van der Waals surface area (Å²) in [6, 6.07) is 4.37. The molecule has 4 aliphatic carbocycles. The van der Waals surface area contributed by atoms with Crippen LogP contribution in [0.25, 0.3) is 0 Å². The number of benzene rings is 1. The van der Waals surface area contributed by atoms with Crippen LogP contribution in [0.2, 0.25) is 0 Å². The predicted molar refractivity (Wildman–Crippen MR) is 114 cm³/mol. The number of likely N-dealkylation sites (N-methyl/N-ethyl adjacent to an activating group) is 1. The van der Waals surface area contributed by atoms with Crippen molar-refractivity contribution < 1.29 is 19.7 Å². The van der Waals surface area contributed by atoms with Gasteiger partial charge in [-0.25, -0.2) is 0 Å². The standard InChI is InChI=1S/C25H35NO4/c1-5-8-22(2,28)17-14-23-9-10-25(17,29-4)21-24(23)11-12-26(3)18(23)13-15-6-7-16(27)20(30-21)19(15)24/h6-7,17-18,21,27-28H,5,8-14H2,1-4H3/t17-,18-,21-,22?,23-,24+,25+/m1/s1. The van der Waals surface area contributed by atoms with Gasteiger partial charge in [0.15, 0.2) is 11.5 Å². The molecule has 2 N–H and O–H groups in total. The molecule has 1 aromatic carbocycles. The van der Waals surface area contributed by atoms with Gasteiger partial charge in [-0.2, -0.15) is 0 Å². The van der Waals surface area contributed by atoms with E-state index < -0.39 is 11.2 Å². The third-order valence-electron chi connectivity index (χ3n) is 10.1. The van der Waals surface area contributed by atoms with Gasteiger partial charge in [0.05, 0.1) is 5.60 Å². The highest BCUT2D eigenvalue weighted by molar-refractivity contribution is 5.63. The summed E-state index contributed by atoms with van der Waals surface area (Å²) in [6.45, 7) is 5.19. The van der Waals surface area contributed by atoms with Crippen LogP contribution in [0.1, 0.15) is 63.5 Å². The Kier molecular flexibility index (Phi) is 3.70. The van der Waals surface area contributed by atoms with Crippen molar-refractivity contribution in [3.05, 3.63) is 23.3 Å². The van der Waals surface area contributed by atoms with Crippen molar-refractivity contribution in [1.29, 1.82) is 0 Å². The van der Waals surface area contributed by atoms with Crippen molar-refractivity contribution >= 4 is 0 Å². The topological polar surface area (TPSA) is 62.2 Å². The number of methoxy groups -OCH3 is 1. The van der Waals surface area contributed by atoms with E-state index in [0.29, 0.717) is 11.8 Å². The van der Waals surface area contributed by atoms with Gasteiger partial charge in [0.1, 0.15) is 11.7 Å². The van der Waals surface area contributed by atoms with Gasteiger partial charge in [0.2, 0.25) is 0 Å². The number of hydrogen-bond donors (Lipinski definition) is 2. The molecule has 0 radical (unpaired) electrons. The van der Waals surface area contributed by atoms with Crippen molar-refractivity contribution in [2.45, 2.75) is 87.6 Å². The number of likely N-dealkylation sites (tertiary alicyclic amines) is 1. The molecule has 4 bridgehead atoms. The van der Waals surface area contributed by atoms with Crippen LogP contribution in [-0.2, 0) is 16.6 Å². The van der Waals surface area contributed by atoms with Gasteiger partial charge in [-0.3, -0.25) is 0 Å². The first-order valence-electron chi connectivity index (χ1n) is 11.8. The number of phenols is 1. The molecule has 4 fully saturated rings. The van der Waals surface area contributed by atoms with Crippen molar-refractivity contribution in [2.24, 2.45) is 11.3 Å². The fraction of sp³-hybridized carbons (Fsp3) is 0.760. The zero-order chi connectivity index (χ0) is 21.1. The molecule has 7 rings (SSSR count). The van der Waals surface area contributed by atoms with Gasteiger partial charge in [-0.15, -0.1) is 0 Å². The highest BCUT2D eigenvalue weighted by Gasteiger charge is 2.81. The van der Waals surface area contributed by atoms with Gasteiger partial charge in [0, 0.05) is 35.5 Å². The van der Waals surface area contributed by atoms with Crippen LogP contribution >= 0.6 is 0 Å². The van der Waals surface area contributed by atoms with Gasteiger partial charge >= 0.3 is 0 Å². The smallest absolute Gasteiger partial charge is 0.165 e. The minimum atomic E-state index is -0.798. The second-order valence-corrected chi connectivity index (χ2v) is 11.0. The second kappa shape index (κ2) is 5.73. The quantitative estimate of drug-likeness (QED) is 0.792. The van der Waals surface area contributed by atoms with Crippen LogP contribution < -0.4 is 4.74 Å². The third kappa shape index (κ3) is 1.85. The van der Waals surface area contributed by atoms with Gasteiger partial charge in [0.25, 0.3) is 0 Å². The van der Waals surface area contributed by atoms with Gasteiger partial charge in [-0.1, -0.05) is 19.4 Å². The summed E-state index contributed by atoms with van der Waals surface area (Å²) >= 11 is 0. The number of rotatable bonds is 4. The second-order valence-electron chi connectivity index (χ2n) is 11.0. The van der Waals surface area contributed by atoms with Crippen molar-refractivity contribution in [3.8, 4) is 11.5 Å². The SMILES string of the molecule is CCCC(C)(O)[C@H]1C[C@@]23CC[C@@]1(OC)[C@@H]1Oc4c(O)ccc5c4[C@@]12CCN(C)[C@@H]3C5. The number of aromatic hydroxyl groups is 1. The maximum absolute atomic E-state index is 11.7. The molecule has 7 atom stereocenters. The molecule has 1 unspecified atom stereocenters. The fourth-order valence-corrected chi connectivity index (χ4v) is 9.09. The van der Waals surface area contributed by atoms with Crippen molar-refractivity contribution in [3.63, 3.8) is 0 Å². The summed E-state index contributed by atoms with van der Waals surface area (Å²) in [4.78, 5) is 2.56. The number of fused-ring (bicyclic) bond motifs is 2. The Balaban J connectivity index is 1.64. The molecule has 2 heterocycles. The summed E-state index contributed by atoms with van der Waals surface area (Å²) < 4.78 is 13.2. The van der Waals surface area contributed by atoms with E-state index in [4.69, 9.17) is 9.47 Å². The Labute approximate surface area is 179 Å². The summed E-state index contributed by atoms with van der Waals surface area (Å²) in [5, 5.41) is 22.5.